The van der Waals surface area contributed by atoms with Crippen molar-refractivity contribution in [1.29, 1.82) is 0 Å². The van der Waals surface area contributed by atoms with Crippen molar-refractivity contribution < 1.29 is 9.53 Å². The first-order valence-electron chi connectivity index (χ1n) is 7.44. The summed E-state index contributed by atoms with van der Waals surface area (Å²) in [5.41, 5.74) is 0.724. The Kier molecular flexibility index (Phi) is 5.41. The summed E-state index contributed by atoms with van der Waals surface area (Å²) in [4.78, 5) is 14.4. The number of rotatable bonds is 5. The Morgan fingerprint density at radius 3 is 2.80 bits per heavy atom. The Bertz CT molecular complexity index is 440. The number of nitrogens with zero attached hydrogens (tertiary/aromatic N) is 1. The zero-order valence-electron chi connectivity index (χ0n) is 12.4. The van der Waals surface area contributed by atoms with Crippen LogP contribution in [0, 0.1) is 0 Å². The van der Waals surface area contributed by atoms with E-state index in [1.807, 2.05) is 36.2 Å². The Labute approximate surface area is 121 Å². The number of hydrogen-bond acceptors (Lipinski definition) is 3. The molecule has 4 nitrogen and oxygen atoms in total. The van der Waals surface area contributed by atoms with Crippen LogP contribution in [0.25, 0.3) is 0 Å². The third kappa shape index (κ3) is 3.73. The van der Waals surface area contributed by atoms with Gasteiger partial charge in [0.1, 0.15) is 5.75 Å². The molecule has 1 N–H and O–H groups in total. The number of likely N-dealkylation sites (tertiary alicyclic amines) is 1. The van der Waals surface area contributed by atoms with Crippen molar-refractivity contribution >= 4 is 5.91 Å². The van der Waals surface area contributed by atoms with Gasteiger partial charge in [0, 0.05) is 24.7 Å². The highest BCUT2D eigenvalue weighted by Gasteiger charge is 2.22. The van der Waals surface area contributed by atoms with Gasteiger partial charge in [0.25, 0.3) is 5.91 Å². The lowest BCUT2D eigenvalue weighted by Crippen LogP contribution is -2.43. The lowest BCUT2D eigenvalue weighted by atomic mass is 10.0. The number of amides is 1. The predicted octanol–water partition coefficient (Wildman–Crippen LogP) is 2.30. The highest BCUT2D eigenvalue weighted by molar-refractivity contribution is 5.94. The van der Waals surface area contributed by atoms with E-state index in [9.17, 15) is 4.79 Å². The monoisotopic (exact) mass is 276 g/mol. The van der Waals surface area contributed by atoms with Crippen molar-refractivity contribution in [3.63, 3.8) is 0 Å². The summed E-state index contributed by atoms with van der Waals surface area (Å²) in [6.45, 7) is 4.40. The van der Waals surface area contributed by atoms with Crippen LogP contribution in [0.3, 0.4) is 0 Å². The first-order valence-corrected chi connectivity index (χ1v) is 7.44. The highest BCUT2D eigenvalue weighted by Crippen LogP contribution is 2.18. The molecule has 1 heterocycles. The SMILES string of the molecule is CCCOc1cccc(C(=O)N2CCC(NC)CC2)c1. The molecule has 0 aliphatic carbocycles. The first kappa shape index (κ1) is 14.9. The highest BCUT2D eigenvalue weighted by atomic mass is 16.5. The molecule has 1 aromatic carbocycles. The van der Waals surface area contributed by atoms with Crippen molar-refractivity contribution in [2.24, 2.45) is 0 Å². The molecule has 4 heteroatoms. The summed E-state index contributed by atoms with van der Waals surface area (Å²) in [6, 6.07) is 8.05. The van der Waals surface area contributed by atoms with Crippen LogP contribution in [0.4, 0.5) is 0 Å². The van der Waals surface area contributed by atoms with Crippen LogP contribution < -0.4 is 10.1 Å². The van der Waals surface area contributed by atoms with E-state index in [-0.39, 0.29) is 5.91 Å². The van der Waals surface area contributed by atoms with E-state index in [1.54, 1.807) is 0 Å². The van der Waals surface area contributed by atoms with E-state index in [2.05, 4.69) is 12.2 Å². The van der Waals surface area contributed by atoms with E-state index < -0.39 is 0 Å². The van der Waals surface area contributed by atoms with Gasteiger partial charge in [-0.05, 0) is 44.5 Å². The molecule has 1 saturated heterocycles. The summed E-state index contributed by atoms with van der Waals surface area (Å²) >= 11 is 0. The molecular weight excluding hydrogens is 252 g/mol. The van der Waals surface area contributed by atoms with Crippen molar-refractivity contribution in [1.82, 2.24) is 10.2 Å². The van der Waals surface area contributed by atoms with Gasteiger partial charge in [-0.3, -0.25) is 4.79 Å². The molecule has 2 rings (SSSR count). The van der Waals surface area contributed by atoms with Crippen molar-refractivity contribution in [3.05, 3.63) is 29.8 Å². The van der Waals surface area contributed by atoms with Crippen LogP contribution in [-0.2, 0) is 0 Å². The molecule has 0 atom stereocenters. The zero-order chi connectivity index (χ0) is 14.4. The molecule has 0 spiro atoms. The molecule has 1 aromatic rings. The van der Waals surface area contributed by atoms with Gasteiger partial charge in [0.15, 0.2) is 0 Å². The van der Waals surface area contributed by atoms with E-state index in [0.29, 0.717) is 12.6 Å². The fourth-order valence-electron chi connectivity index (χ4n) is 2.49. The molecule has 110 valence electrons. The fraction of sp³-hybridized carbons (Fsp3) is 0.562. The minimum Gasteiger partial charge on any atom is -0.494 e. The molecule has 0 unspecified atom stereocenters. The van der Waals surface area contributed by atoms with E-state index in [4.69, 9.17) is 4.74 Å². The van der Waals surface area contributed by atoms with Gasteiger partial charge in [0.05, 0.1) is 6.61 Å². The average Bonchev–Trinajstić information content (AvgIpc) is 2.52. The molecule has 20 heavy (non-hydrogen) atoms. The normalized spacial score (nSPS) is 16.2. The van der Waals surface area contributed by atoms with Gasteiger partial charge in [-0.1, -0.05) is 13.0 Å². The number of carbonyl (C=O) groups excluding carboxylic acids is 1. The van der Waals surface area contributed by atoms with Crippen LogP contribution in [0.5, 0.6) is 5.75 Å². The van der Waals surface area contributed by atoms with Gasteiger partial charge < -0.3 is 15.0 Å². The topological polar surface area (TPSA) is 41.6 Å². The van der Waals surface area contributed by atoms with Gasteiger partial charge >= 0.3 is 0 Å². The second-order valence-electron chi connectivity index (χ2n) is 5.23. The molecular formula is C16H24N2O2. The summed E-state index contributed by atoms with van der Waals surface area (Å²) in [5.74, 6) is 0.893. The number of carbonyl (C=O) groups is 1. The van der Waals surface area contributed by atoms with Crippen molar-refractivity contribution in [3.8, 4) is 5.75 Å². The average molecular weight is 276 g/mol. The number of benzene rings is 1. The number of nitrogens with one attached hydrogen (secondary N) is 1. The van der Waals surface area contributed by atoms with Gasteiger partial charge in [-0.25, -0.2) is 0 Å². The molecule has 1 fully saturated rings. The number of piperidine rings is 1. The maximum Gasteiger partial charge on any atom is 0.253 e. The summed E-state index contributed by atoms with van der Waals surface area (Å²) in [5, 5.41) is 3.28. The van der Waals surface area contributed by atoms with Crippen LogP contribution in [0.15, 0.2) is 24.3 Å². The molecule has 0 radical (unpaired) electrons. The smallest absolute Gasteiger partial charge is 0.253 e. The Balaban J connectivity index is 1.98. The minimum absolute atomic E-state index is 0.113. The third-order valence-corrected chi connectivity index (χ3v) is 3.74. The molecule has 1 aliphatic rings. The second-order valence-corrected chi connectivity index (χ2v) is 5.23. The Morgan fingerprint density at radius 2 is 2.15 bits per heavy atom. The maximum absolute atomic E-state index is 12.5. The maximum atomic E-state index is 12.5. The third-order valence-electron chi connectivity index (χ3n) is 3.74. The van der Waals surface area contributed by atoms with Crippen molar-refractivity contribution in [2.45, 2.75) is 32.2 Å². The second kappa shape index (κ2) is 7.29. The van der Waals surface area contributed by atoms with E-state index >= 15 is 0 Å². The van der Waals surface area contributed by atoms with Gasteiger partial charge in [0.2, 0.25) is 0 Å². The summed E-state index contributed by atoms with van der Waals surface area (Å²) < 4.78 is 5.59. The zero-order valence-corrected chi connectivity index (χ0v) is 12.4. The summed E-state index contributed by atoms with van der Waals surface area (Å²) in [6.07, 6.45) is 3.01. The molecule has 1 aliphatic heterocycles. The Morgan fingerprint density at radius 1 is 1.40 bits per heavy atom. The molecule has 1 amide bonds. The van der Waals surface area contributed by atoms with E-state index in [1.165, 1.54) is 0 Å². The first-order chi connectivity index (χ1) is 9.74. The number of hydrogen-bond donors (Lipinski definition) is 1. The summed E-state index contributed by atoms with van der Waals surface area (Å²) in [7, 11) is 1.98. The quantitative estimate of drug-likeness (QED) is 0.897. The fourth-order valence-corrected chi connectivity index (χ4v) is 2.49. The van der Waals surface area contributed by atoms with Gasteiger partial charge in [-0.15, -0.1) is 0 Å². The van der Waals surface area contributed by atoms with Gasteiger partial charge in [-0.2, -0.15) is 0 Å². The van der Waals surface area contributed by atoms with Crippen molar-refractivity contribution in [2.75, 3.05) is 26.7 Å². The van der Waals surface area contributed by atoms with Crippen LogP contribution in [-0.4, -0.2) is 43.6 Å². The van der Waals surface area contributed by atoms with E-state index in [0.717, 1.165) is 43.7 Å². The van der Waals surface area contributed by atoms with Crippen LogP contribution >= 0.6 is 0 Å². The molecule has 0 bridgehead atoms. The molecule has 0 saturated carbocycles. The van der Waals surface area contributed by atoms with Crippen LogP contribution in [0.1, 0.15) is 36.5 Å². The standard InChI is InChI=1S/C16H24N2O2/c1-3-11-20-15-6-4-5-13(12-15)16(19)18-9-7-14(17-2)8-10-18/h4-6,12,14,17H,3,7-11H2,1-2H3. The minimum atomic E-state index is 0.113. The lowest BCUT2D eigenvalue weighted by molar-refractivity contribution is 0.0707. The lowest BCUT2D eigenvalue weighted by Gasteiger charge is -2.31. The largest absolute Gasteiger partial charge is 0.494 e. The molecule has 0 aromatic heterocycles. The predicted molar refractivity (Wildman–Crippen MR) is 80.2 cm³/mol. The number of ether oxygens (including phenoxy) is 1. The van der Waals surface area contributed by atoms with Crippen LogP contribution in [0.2, 0.25) is 0 Å². The Hall–Kier alpha value is -1.55.